The molecule has 0 aliphatic heterocycles. The largest absolute Gasteiger partial charge is 0.460 e. The minimum Gasteiger partial charge on any atom is -0.460 e. The molecule has 0 bridgehead atoms. The number of furan rings is 1. The van der Waals surface area contributed by atoms with Crippen molar-refractivity contribution in [1.29, 1.82) is 0 Å². The highest BCUT2D eigenvalue weighted by molar-refractivity contribution is 5.77. The number of aliphatic hydroxyl groups excluding tert-OH is 1. The van der Waals surface area contributed by atoms with Crippen molar-refractivity contribution in [3.63, 3.8) is 0 Å². The highest BCUT2D eigenvalue weighted by atomic mass is 16.5. The van der Waals surface area contributed by atoms with E-state index in [0.29, 0.717) is 19.6 Å². The predicted molar refractivity (Wildman–Crippen MR) is 70.4 cm³/mol. The van der Waals surface area contributed by atoms with Crippen LogP contribution >= 0.6 is 0 Å². The highest BCUT2D eigenvalue weighted by Gasteiger charge is 2.04. The summed E-state index contributed by atoms with van der Waals surface area (Å²) in [7, 11) is 1.59. The maximum Gasteiger partial charge on any atom is 0.134 e. The molecule has 2 rings (SSSR count). The van der Waals surface area contributed by atoms with Gasteiger partial charge >= 0.3 is 0 Å². The summed E-state index contributed by atoms with van der Waals surface area (Å²) in [5, 5.41) is 13.8. The first-order valence-corrected chi connectivity index (χ1v) is 6.15. The zero-order valence-corrected chi connectivity index (χ0v) is 10.6. The fourth-order valence-corrected chi connectivity index (χ4v) is 1.88. The van der Waals surface area contributed by atoms with Crippen LogP contribution in [0.15, 0.2) is 34.7 Å². The Morgan fingerprint density at radius 1 is 1.39 bits per heavy atom. The molecule has 2 N–H and O–H groups in total. The Bertz CT molecular complexity index is 448. The zero-order chi connectivity index (χ0) is 12.8. The van der Waals surface area contributed by atoms with Crippen molar-refractivity contribution in [2.24, 2.45) is 0 Å². The van der Waals surface area contributed by atoms with Gasteiger partial charge in [0.1, 0.15) is 11.3 Å². The van der Waals surface area contributed by atoms with E-state index in [-0.39, 0.29) is 0 Å². The molecule has 98 valence electrons. The number of fused-ring (bicyclic) bond motifs is 1. The van der Waals surface area contributed by atoms with Gasteiger partial charge in [-0.25, -0.2) is 0 Å². The van der Waals surface area contributed by atoms with Gasteiger partial charge in [-0.1, -0.05) is 18.2 Å². The van der Waals surface area contributed by atoms with Gasteiger partial charge in [0.05, 0.1) is 19.3 Å². The quantitative estimate of drug-likeness (QED) is 0.736. The van der Waals surface area contributed by atoms with E-state index in [1.165, 1.54) is 0 Å². The Labute approximate surface area is 107 Å². The van der Waals surface area contributed by atoms with Gasteiger partial charge in [-0.2, -0.15) is 0 Å². The Morgan fingerprint density at radius 2 is 2.22 bits per heavy atom. The first-order valence-electron chi connectivity index (χ1n) is 6.15. The van der Waals surface area contributed by atoms with E-state index in [1.54, 1.807) is 7.11 Å². The van der Waals surface area contributed by atoms with E-state index in [4.69, 9.17) is 9.15 Å². The summed E-state index contributed by atoms with van der Waals surface area (Å²) >= 11 is 0. The minimum atomic E-state index is -0.404. The van der Waals surface area contributed by atoms with Gasteiger partial charge in [0, 0.05) is 12.5 Å². The number of nitrogens with one attached hydrogen (secondary N) is 1. The van der Waals surface area contributed by atoms with Gasteiger partial charge in [0.25, 0.3) is 0 Å². The number of rotatable bonds is 7. The van der Waals surface area contributed by atoms with E-state index < -0.39 is 6.10 Å². The Kier molecular flexibility index (Phi) is 4.75. The van der Waals surface area contributed by atoms with Crippen LogP contribution in [0.2, 0.25) is 0 Å². The topological polar surface area (TPSA) is 54.6 Å². The van der Waals surface area contributed by atoms with E-state index in [1.807, 2.05) is 30.3 Å². The molecular weight excluding hydrogens is 230 g/mol. The Hall–Kier alpha value is -1.36. The summed E-state index contributed by atoms with van der Waals surface area (Å²) in [5.41, 5.74) is 0.911. The van der Waals surface area contributed by atoms with Crippen LogP contribution in [0.1, 0.15) is 12.2 Å². The fourth-order valence-electron chi connectivity index (χ4n) is 1.88. The van der Waals surface area contributed by atoms with Gasteiger partial charge in [-0.3, -0.25) is 0 Å². The highest BCUT2D eigenvalue weighted by Crippen LogP contribution is 2.18. The average molecular weight is 249 g/mol. The Morgan fingerprint density at radius 3 is 3.00 bits per heavy atom. The number of para-hydroxylation sites is 1. The van der Waals surface area contributed by atoms with E-state index in [2.05, 4.69) is 5.32 Å². The second-order valence-electron chi connectivity index (χ2n) is 4.33. The monoisotopic (exact) mass is 249 g/mol. The van der Waals surface area contributed by atoms with E-state index in [0.717, 1.165) is 23.3 Å². The smallest absolute Gasteiger partial charge is 0.134 e. The molecule has 0 aliphatic rings. The molecule has 0 amide bonds. The van der Waals surface area contributed by atoms with Gasteiger partial charge in [-0.15, -0.1) is 0 Å². The van der Waals surface area contributed by atoms with Crippen molar-refractivity contribution in [1.82, 2.24) is 5.32 Å². The van der Waals surface area contributed by atoms with Gasteiger partial charge < -0.3 is 19.6 Å². The summed E-state index contributed by atoms with van der Waals surface area (Å²) in [6.45, 7) is 1.79. The van der Waals surface area contributed by atoms with Crippen molar-refractivity contribution in [3.8, 4) is 0 Å². The standard InChI is InChI=1S/C14H19NO3/c1-17-10-12(16)6-7-15-9-13-8-11-4-2-3-5-14(11)18-13/h2-5,8,12,15-16H,6-7,9-10H2,1H3. The van der Waals surface area contributed by atoms with Gasteiger partial charge in [0.2, 0.25) is 0 Å². The molecule has 4 nitrogen and oxygen atoms in total. The number of hydrogen-bond donors (Lipinski definition) is 2. The van der Waals surface area contributed by atoms with Crippen molar-refractivity contribution >= 4 is 11.0 Å². The molecule has 0 aliphatic carbocycles. The van der Waals surface area contributed by atoms with Crippen LogP contribution in [0, 0.1) is 0 Å². The molecule has 4 heteroatoms. The van der Waals surface area contributed by atoms with Crippen molar-refractivity contribution in [2.45, 2.75) is 19.1 Å². The molecule has 0 radical (unpaired) electrons. The molecule has 1 heterocycles. The average Bonchev–Trinajstić information content (AvgIpc) is 2.77. The van der Waals surface area contributed by atoms with Crippen LogP contribution in [0.25, 0.3) is 11.0 Å². The third kappa shape index (κ3) is 3.57. The molecule has 1 aromatic carbocycles. The van der Waals surface area contributed by atoms with Gasteiger partial charge in [0.15, 0.2) is 0 Å². The molecule has 1 aromatic heterocycles. The minimum absolute atomic E-state index is 0.381. The molecule has 0 saturated heterocycles. The summed E-state index contributed by atoms with van der Waals surface area (Å²) in [6, 6.07) is 9.99. The van der Waals surface area contributed by atoms with Crippen molar-refractivity contribution < 1.29 is 14.3 Å². The summed E-state index contributed by atoms with van der Waals surface area (Å²) in [5.74, 6) is 0.914. The second-order valence-corrected chi connectivity index (χ2v) is 4.33. The maximum absolute atomic E-state index is 9.47. The molecule has 1 atom stereocenters. The summed E-state index contributed by atoms with van der Waals surface area (Å²) in [6.07, 6.45) is 0.270. The molecule has 18 heavy (non-hydrogen) atoms. The number of aliphatic hydroxyl groups is 1. The van der Waals surface area contributed by atoms with Crippen molar-refractivity contribution in [3.05, 3.63) is 36.1 Å². The number of methoxy groups -OCH3 is 1. The number of hydrogen-bond acceptors (Lipinski definition) is 4. The first kappa shape index (κ1) is 13.1. The molecular formula is C14H19NO3. The predicted octanol–water partition coefficient (Wildman–Crippen LogP) is 1.92. The van der Waals surface area contributed by atoms with Crippen LogP contribution in [-0.4, -0.2) is 31.5 Å². The van der Waals surface area contributed by atoms with E-state index in [9.17, 15) is 5.11 Å². The maximum atomic E-state index is 9.47. The van der Waals surface area contributed by atoms with Crippen LogP contribution in [0.4, 0.5) is 0 Å². The third-order valence-corrected chi connectivity index (χ3v) is 2.79. The summed E-state index contributed by atoms with van der Waals surface area (Å²) < 4.78 is 10.5. The second kappa shape index (κ2) is 6.54. The van der Waals surface area contributed by atoms with Crippen LogP contribution in [0.3, 0.4) is 0 Å². The number of benzene rings is 1. The lowest BCUT2D eigenvalue weighted by Crippen LogP contribution is -2.22. The van der Waals surface area contributed by atoms with Crippen LogP contribution in [-0.2, 0) is 11.3 Å². The SMILES string of the molecule is COCC(O)CCNCc1cc2ccccc2o1. The zero-order valence-electron chi connectivity index (χ0n) is 10.6. The van der Waals surface area contributed by atoms with Crippen LogP contribution in [0.5, 0.6) is 0 Å². The molecule has 0 spiro atoms. The molecule has 2 aromatic rings. The molecule has 0 saturated carbocycles. The van der Waals surface area contributed by atoms with E-state index >= 15 is 0 Å². The Balaban J connectivity index is 1.76. The normalized spacial score (nSPS) is 13.0. The first-order chi connectivity index (χ1) is 8.79. The van der Waals surface area contributed by atoms with Crippen molar-refractivity contribution in [2.75, 3.05) is 20.3 Å². The lowest BCUT2D eigenvalue weighted by molar-refractivity contribution is 0.0593. The number of ether oxygens (including phenoxy) is 1. The molecule has 1 unspecified atom stereocenters. The third-order valence-electron chi connectivity index (χ3n) is 2.79. The molecule has 0 fully saturated rings. The lowest BCUT2D eigenvalue weighted by atomic mass is 10.2. The summed E-state index contributed by atoms with van der Waals surface area (Å²) in [4.78, 5) is 0. The fraction of sp³-hybridized carbons (Fsp3) is 0.429. The van der Waals surface area contributed by atoms with Gasteiger partial charge in [-0.05, 0) is 25.1 Å². The van der Waals surface area contributed by atoms with Crippen LogP contribution < -0.4 is 5.32 Å². The lowest BCUT2D eigenvalue weighted by Gasteiger charge is -2.09.